The third-order valence-corrected chi connectivity index (χ3v) is 4.01. The van der Waals surface area contributed by atoms with E-state index < -0.39 is 0 Å². The number of ketones is 1. The van der Waals surface area contributed by atoms with Gasteiger partial charge in [-0.15, -0.1) is 0 Å². The van der Waals surface area contributed by atoms with E-state index in [9.17, 15) is 4.79 Å². The molecule has 1 nitrogen and oxygen atoms in total. The highest BCUT2D eigenvalue weighted by atomic mass is 32.2. The van der Waals surface area contributed by atoms with Crippen LogP contribution in [0.2, 0.25) is 0 Å². The van der Waals surface area contributed by atoms with Crippen LogP contribution in [-0.2, 0) is 6.42 Å². The molecule has 1 atom stereocenters. The molecule has 0 fully saturated rings. The molecule has 0 N–H and O–H groups in total. The first-order chi connectivity index (χ1) is 7.83. The molecule has 1 aliphatic carbocycles. The summed E-state index contributed by atoms with van der Waals surface area (Å²) < 4.78 is 0. The van der Waals surface area contributed by atoms with Gasteiger partial charge in [-0.25, -0.2) is 0 Å². The lowest BCUT2D eigenvalue weighted by atomic mass is 9.81. The maximum absolute atomic E-state index is 12.2. The fourth-order valence-corrected chi connectivity index (χ4v) is 2.86. The summed E-state index contributed by atoms with van der Waals surface area (Å²) in [5.41, 5.74) is 2.22. The Labute approximate surface area is 102 Å². The van der Waals surface area contributed by atoms with Gasteiger partial charge in [0.1, 0.15) is 0 Å². The number of aryl methyl sites for hydroxylation is 1. The number of rotatable bonds is 4. The molecule has 0 amide bonds. The molecule has 0 bridgehead atoms. The van der Waals surface area contributed by atoms with Crippen molar-refractivity contribution < 1.29 is 4.79 Å². The third kappa shape index (κ3) is 2.49. The number of hydrogen-bond acceptors (Lipinski definition) is 2. The summed E-state index contributed by atoms with van der Waals surface area (Å²) in [6, 6.07) is 8.07. The molecular weight excluding hydrogens is 216 g/mol. The zero-order valence-corrected chi connectivity index (χ0v) is 10.6. The normalized spacial score (nSPS) is 19.6. The molecule has 2 heteroatoms. The lowest BCUT2D eigenvalue weighted by Gasteiger charge is -2.23. The SMILES string of the molecule is CSCCCC1CCc2ccccc2C1=O. The van der Waals surface area contributed by atoms with Gasteiger partial charge in [-0.3, -0.25) is 4.79 Å². The number of carbonyl (C=O) groups excluding carboxylic acids is 1. The maximum atomic E-state index is 12.2. The van der Waals surface area contributed by atoms with Gasteiger partial charge in [-0.05, 0) is 43.3 Å². The molecule has 0 heterocycles. The van der Waals surface area contributed by atoms with Crippen molar-refractivity contribution in [2.45, 2.75) is 25.7 Å². The van der Waals surface area contributed by atoms with Crippen molar-refractivity contribution in [3.8, 4) is 0 Å². The second kappa shape index (κ2) is 5.53. The first kappa shape index (κ1) is 11.7. The Morgan fingerprint density at radius 1 is 1.38 bits per heavy atom. The lowest BCUT2D eigenvalue weighted by molar-refractivity contribution is 0.0894. The fraction of sp³-hybridized carbons (Fsp3) is 0.500. The second-order valence-corrected chi connectivity index (χ2v) is 5.38. The number of hydrogen-bond donors (Lipinski definition) is 0. The molecule has 1 aromatic rings. The van der Waals surface area contributed by atoms with Crippen molar-refractivity contribution >= 4 is 17.5 Å². The second-order valence-electron chi connectivity index (χ2n) is 4.39. The van der Waals surface area contributed by atoms with Gasteiger partial charge >= 0.3 is 0 Å². The topological polar surface area (TPSA) is 17.1 Å². The summed E-state index contributed by atoms with van der Waals surface area (Å²) in [4.78, 5) is 12.2. The minimum absolute atomic E-state index is 0.280. The summed E-state index contributed by atoms with van der Waals surface area (Å²) >= 11 is 1.87. The minimum atomic E-state index is 0.280. The highest BCUT2D eigenvalue weighted by molar-refractivity contribution is 7.98. The van der Waals surface area contributed by atoms with Crippen LogP contribution < -0.4 is 0 Å². The first-order valence-corrected chi connectivity index (χ1v) is 7.33. The number of carbonyl (C=O) groups is 1. The quantitative estimate of drug-likeness (QED) is 0.741. The van der Waals surface area contributed by atoms with Crippen LogP contribution in [0.3, 0.4) is 0 Å². The highest BCUT2D eigenvalue weighted by Gasteiger charge is 2.26. The predicted octanol–water partition coefficient (Wildman–Crippen LogP) is 3.57. The largest absolute Gasteiger partial charge is 0.294 e. The van der Waals surface area contributed by atoms with E-state index >= 15 is 0 Å². The van der Waals surface area contributed by atoms with Gasteiger partial charge in [0.25, 0.3) is 0 Å². The van der Waals surface area contributed by atoms with Gasteiger partial charge in [0.05, 0.1) is 0 Å². The van der Waals surface area contributed by atoms with E-state index in [-0.39, 0.29) is 5.92 Å². The van der Waals surface area contributed by atoms with Crippen molar-refractivity contribution in [2.75, 3.05) is 12.0 Å². The van der Waals surface area contributed by atoms with Crippen LogP contribution in [0.5, 0.6) is 0 Å². The third-order valence-electron chi connectivity index (χ3n) is 3.32. The maximum Gasteiger partial charge on any atom is 0.166 e. The van der Waals surface area contributed by atoms with Crippen LogP contribution in [0.4, 0.5) is 0 Å². The highest BCUT2D eigenvalue weighted by Crippen LogP contribution is 2.28. The van der Waals surface area contributed by atoms with Crippen LogP contribution in [0, 0.1) is 5.92 Å². The van der Waals surface area contributed by atoms with Crippen molar-refractivity contribution in [1.29, 1.82) is 0 Å². The van der Waals surface area contributed by atoms with Gasteiger partial charge in [0.2, 0.25) is 0 Å². The smallest absolute Gasteiger partial charge is 0.166 e. The molecule has 0 saturated carbocycles. The Balaban J connectivity index is 2.03. The summed E-state index contributed by atoms with van der Waals surface area (Å²) in [6.45, 7) is 0. The van der Waals surface area contributed by atoms with E-state index in [0.717, 1.165) is 24.8 Å². The molecule has 0 radical (unpaired) electrons. The Hall–Kier alpha value is -0.760. The minimum Gasteiger partial charge on any atom is -0.294 e. The van der Waals surface area contributed by atoms with Crippen LogP contribution in [0.1, 0.15) is 35.2 Å². The number of Topliss-reactive ketones (excluding diaryl/α,β-unsaturated/α-hetero) is 1. The van der Waals surface area contributed by atoms with Gasteiger partial charge in [-0.1, -0.05) is 24.3 Å². The van der Waals surface area contributed by atoms with Gasteiger partial charge in [-0.2, -0.15) is 11.8 Å². The summed E-state index contributed by atoms with van der Waals surface area (Å²) in [5.74, 6) is 1.83. The molecule has 1 aromatic carbocycles. The van der Waals surface area contributed by atoms with Crippen molar-refractivity contribution in [2.24, 2.45) is 5.92 Å². The fourth-order valence-electron chi connectivity index (χ4n) is 2.41. The van der Waals surface area contributed by atoms with E-state index in [0.29, 0.717) is 5.78 Å². The molecule has 0 aliphatic heterocycles. The number of fused-ring (bicyclic) bond motifs is 1. The molecule has 16 heavy (non-hydrogen) atoms. The first-order valence-electron chi connectivity index (χ1n) is 5.94. The number of benzene rings is 1. The van der Waals surface area contributed by atoms with Crippen LogP contribution in [0.25, 0.3) is 0 Å². The average Bonchev–Trinajstić information content (AvgIpc) is 2.33. The lowest BCUT2D eigenvalue weighted by Crippen LogP contribution is -2.22. The van der Waals surface area contributed by atoms with Crippen LogP contribution in [-0.4, -0.2) is 17.8 Å². The van der Waals surface area contributed by atoms with E-state index in [1.54, 1.807) is 0 Å². The molecule has 0 spiro atoms. The van der Waals surface area contributed by atoms with E-state index in [4.69, 9.17) is 0 Å². The Morgan fingerprint density at radius 2 is 2.19 bits per heavy atom. The zero-order valence-electron chi connectivity index (χ0n) is 9.74. The predicted molar refractivity (Wildman–Crippen MR) is 70.2 cm³/mol. The van der Waals surface area contributed by atoms with Crippen molar-refractivity contribution in [1.82, 2.24) is 0 Å². The Kier molecular flexibility index (Phi) is 4.05. The Morgan fingerprint density at radius 3 is 3.00 bits per heavy atom. The van der Waals surface area contributed by atoms with Gasteiger partial charge in [0, 0.05) is 11.5 Å². The summed E-state index contributed by atoms with van der Waals surface area (Å²) in [7, 11) is 0. The molecule has 0 aromatic heterocycles. The standard InChI is InChI=1S/C14H18OS/c1-16-10-4-6-12-9-8-11-5-2-3-7-13(11)14(12)15/h2-3,5,7,12H,4,6,8-10H2,1H3. The molecular formula is C14H18OS. The van der Waals surface area contributed by atoms with E-state index in [1.807, 2.05) is 30.0 Å². The monoisotopic (exact) mass is 234 g/mol. The average molecular weight is 234 g/mol. The van der Waals surface area contributed by atoms with Crippen molar-refractivity contribution in [3.63, 3.8) is 0 Å². The van der Waals surface area contributed by atoms with E-state index in [2.05, 4.69) is 12.3 Å². The molecule has 1 aliphatic rings. The molecule has 86 valence electrons. The molecule has 1 unspecified atom stereocenters. The van der Waals surface area contributed by atoms with Gasteiger partial charge in [0.15, 0.2) is 5.78 Å². The van der Waals surface area contributed by atoms with Crippen LogP contribution in [0.15, 0.2) is 24.3 Å². The summed E-state index contributed by atoms with van der Waals surface area (Å²) in [5, 5.41) is 0. The van der Waals surface area contributed by atoms with E-state index in [1.165, 1.54) is 17.7 Å². The Bertz CT molecular complexity index is 373. The summed E-state index contributed by atoms with van der Waals surface area (Å²) in [6.07, 6.45) is 6.47. The van der Waals surface area contributed by atoms with Gasteiger partial charge < -0.3 is 0 Å². The van der Waals surface area contributed by atoms with Crippen molar-refractivity contribution in [3.05, 3.63) is 35.4 Å². The molecule has 0 saturated heterocycles. The number of thioether (sulfide) groups is 1. The molecule has 2 rings (SSSR count). The zero-order chi connectivity index (χ0) is 11.4. The van der Waals surface area contributed by atoms with Crippen LogP contribution >= 0.6 is 11.8 Å².